The molecule has 0 aliphatic rings. The van der Waals surface area contributed by atoms with Crippen molar-refractivity contribution in [3.05, 3.63) is 59.8 Å². The van der Waals surface area contributed by atoms with Crippen molar-refractivity contribution in [2.45, 2.75) is 46.2 Å². The molecule has 0 aliphatic heterocycles. The number of nitrogens with zero attached hydrogens (tertiary/aromatic N) is 2. The molecule has 0 spiro atoms. The van der Waals surface area contributed by atoms with Crippen LogP contribution in [-0.4, -0.2) is 35.6 Å². The Labute approximate surface area is 157 Å². The number of allylic oxidation sites excluding steroid dienone is 1. The smallest absolute Gasteiger partial charge is 0.141 e. The summed E-state index contributed by atoms with van der Waals surface area (Å²) in [7, 11) is 1.96. The fourth-order valence-corrected chi connectivity index (χ4v) is 2.83. The molecule has 0 saturated carbocycles. The van der Waals surface area contributed by atoms with Crippen LogP contribution in [0.5, 0.6) is 0 Å². The van der Waals surface area contributed by atoms with Crippen molar-refractivity contribution in [1.29, 1.82) is 0 Å². The fraction of sp³-hybridized carbons (Fsp3) is 0.476. The zero-order chi connectivity index (χ0) is 18.9. The number of nitrogens with one attached hydrogen (secondary N) is 2. The third-order valence-corrected chi connectivity index (χ3v) is 4.31. The monoisotopic (exact) mass is 356 g/mol. The van der Waals surface area contributed by atoms with Gasteiger partial charge < -0.3 is 19.8 Å². The van der Waals surface area contributed by atoms with E-state index in [9.17, 15) is 0 Å². The molecule has 2 aromatic heterocycles. The van der Waals surface area contributed by atoms with Crippen LogP contribution in [0.1, 0.15) is 36.7 Å². The lowest BCUT2D eigenvalue weighted by atomic mass is 10.2. The van der Waals surface area contributed by atoms with E-state index in [1.165, 1.54) is 11.3 Å². The highest BCUT2D eigenvalue weighted by Crippen LogP contribution is 2.14. The third-order valence-electron chi connectivity index (χ3n) is 4.31. The van der Waals surface area contributed by atoms with E-state index < -0.39 is 0 Å². The second-order valence-corrected chi connectivity index (χ2v) is 6.73. The number of ether oxygens (including phenoxy) is 1. The van der Waals surface area contributed by atoms with Gasteiger partial charge in [0.2, 0.25) is 0 Å². The zero-order valence-corrected chi connectivity index (χ0v) is 16.5. The summed E-state index contributed by atoms with van der Waals surface area (Å²) in [5.41, 5.74) is 4.48. The lowest BCUT2D eigenvalue weighted by Crippen LogP contribution is -2.23. The molecule has 0 fully saturated rings. The van der Waals surface area contributed by atoms with Crippen LogP contribution in [0.4, 0.5) is 0 Å². The normalized spacial score (nSPS) is 12.8. The minimum absolute atomic E-state index is 0.223. The highest BCUT2D eigenvalue weighted by molar-refractivity contribution is 5.50. The summed E-state index contributed by atoms with van der Waals surface area (Å²) >= 11 is 0. The SMILES string of the molecule is C=C(/C=C\[C@H](C)NCc1ccn2c(C)cc(C)nc12)OCCCCNC. The van der Waals surface area contributed by atoms with E-state index in [0.29, 0.717) is 12.4 Å². The molecule has 0 aliphatic carbocycles. The van der Waals surface area contributed by atoms with Gasteiger partial charge in [0.1, 0.15) is 11.4 Å². The molecule has 2 aromatic rings. The molecule has 2 heterocycles. The lowest BCUT2D eigenvalue weighted by molar-refractivity contribution is 0.219. The molecule has 0 saturated heterocycles. The molecular weight excluding hydrogens is 324 g/mol. The van der Waals surface area contributed by atoms with Crippen LogP contribution in [0.25, 0.3) is 5.65 Å². The van der Waals surface area contributed by atoms with Crippen LogP contribution in [0.3, 0.4) is 0 Å². The molecule has 0 radical (unpaired) electrons. The van der Waals surface area contributed by atoms with Gasteiger partial charge in [0.15, 0.2) is 0 Å². The second-order valence-electron chi connectivity index (χ2n) is 6.73. The Bertz CT molecular complexity index is 748. The molecule has 2 N–H and O–H groups in total. The largest absolute Gasteiger partial charge is 0.494 e. The maximum atomic E-state index is 5.62. The van der Waals surface area contributed by atoms with Gasteiger partial charge >= 0.3 is 0 Å². The second kappa shape index (κ2) is 10.1. The Kier molecular flexibility index (Phi) is 7.88. The van der Waals surface area contributed by atoms with E-state index in [1.54, 1.807) is 0 Å². The Morgan fingerprint density at radius 1 is 1.38 bits per heavy atom. The van der Waals surface area contributed by atoms with E-state index >= 15 is 0 Å². The first-order chi connectivity index (χ1) is 12.5. The quantitative estimate of drug-likeness (QED) is 0.367. The van der Waals surface area contributed by atoms with Gasteiger partial charge in [-0.05, 0) is 65.4 Å². The predicted molar refractivity (Wildman–Crippen MR) is 108 cm³/mol. The number of fused-ring (bicyclic) bond motifs is 1. The standard InChI is InChI=1S/C21H32N4O/c1-16(8-9-19(4)26-13-7-6-11-22-5)23-15-20-10-12-25-18(3)14-17(2)24-21(20)25/h8-10,12,14,16,22-23H,4,6-7,11,13,15H2,1-3,5H3/b9-8-/t16-/m0/s1. The van der Waals surface area contributed by atoms with Gasteiger partial charge in [-0.2, -0.15) is 0 Å². The number of hydrogen-bond donors (Lipinski definition) is 2. The number of aromatic nitrogens is 2. The Morgan fingerprint density at radius 2 is 2.19 bits per heavy atom. The highest BCUT2D eigenvalue weighted by atomic mass is 16.5. The molecule has 142 valence electrons. The average Bonchev–Trinajstić information content (AvgIpc) is 3.01. The molecule has 0 amide bonds. The summed E-state index contributed by atoms with van der Waals surface area (Å²) < 4.78 is 7.76. The predicted octanol–water partition coefficient (Wildman–Crippen LogP) is 3.52. The summed E-state index contributed by atoms with van der Waals surface area (Å²) in [5.74, 6) is 0.713. The van der Waals surface area contributed by atoms with Crippen molar-refractivity contribution in [2.24, 2.45) is 0 Å². The summed E-state index contributed by atoms with van der Waals surface area (Å²) in [6, 6.07) is 4.45. The number of hydrogen-bond acceptors (Lipinski definition) is 4. The van der Waals surface area contributed by atoms with Gasteiger partial charge in [0.25, 0.3) is 0 Å². The summed E-state index contributed by atoms with van der Waals surface area (Å²) in [6.45, 7) is 12.7. The topological polar surface area (TPSA) is 50.6 Å². The van der Waals surface area contributed by atoms with Crippen molar-refractivity contribution in [3.8, 4) is 0 Å². The molecule has 5 nitrogen and oxygen atoms in total. The highest BCUT2D eigenvalue weighted by Gasteiger charge is 2.07. The zero-order valence-electron chi connectivity index (χ0n) is 16.5. The molecule has 0 aromatic carbocycles. The van der Waals surface area contributed by atoms with Crippen molar-refractivity contribution in [3.63, 3.8) is 0 Å². The van der Waals surface area contributed by atoms with E-state index in [-0.39, 0.29) is 6.04 Å². The van der Waals surface area contributed by atoms with Crippen LogP contribution in [0, 0.1) is 13.8 Å². The molecule has 2 rings (SSSR count). The van der Waals surface area contributed by atoms with E-state index in [4.69, 9.17) is 4.74 Å². The molecule has 26 heavy (non-hydrogen) atoms. The number of unbranched alkanes of at least 4 members (excludes halogenated alkanes) is 1. The molecule has 5 heteroatoms. The minimum Gasteiger partial charge on any atom is -0.494 e. The van der Waals surface area contributed by atoms with Gasteiger partial charge in [0.05, 0.1) is 6.61 Å². The van der Waals surface area contributed by atoms with Gasteiger partial charge in [-0.15, -0.1) is 0 Å². The van der Waals surface area contributed by atoms with Crippen LogP contribution >= 0.6 is 0 Å². The molecular formula is C21H32N4O. The van der Waals surface area contributed by atoms with E-state index in [1.807, 2.05) is 20.0 Å². The lowest BCUT2D eigenvalue weighted by Gasteiger charge is -2.10. The van der Waals surface area contributed by atoms with Crippen LogP contribution in [-0.2, 0) is 11.3 Å². The number of aryl methyl sites for hydroxylation is 2. The Morgan fingerprint density at radius 3 is 2.96 bits per heavy atom. The van der Waals surface area contributed by atoms with Crippen molar-refractivity contribution in [1.82, 2.24) is 20.0 Å². The first-order valence-electron chi connectivity index (χ1n) is 9.33. The third kappa shape index (κ3) is 6.00. The molecule has 1 atom stereocenters. The van der Waals surface area contributed by atoms with Gasteiger partial charge in [-0.1, -0.05) is 12.7 Å². The van der Waals surface area contributed by atoms with Crippen LogP contribution in [0.2, 0.25) is 0 Å². The minimum atomic E-state index is 0.223. The first-order valence-corrected chi connectivity index (χ1v) is 9.33. The molecule has 0 bridgehead atoms. The fourth-order valence-electron chi connectivity index (χ4n) is 2.83. The van der Waals surface area contributed by atoms with Crippen molar-refractivity contribution >= 4 is 5.65 Å². The number of rotatable bonds is 11. The first kappa shape index (κ1) is 20.2. The maximum absolute atomic E-state index is 5.62. The summed E-state index contributed by atoms with van der Waals surface area (Å²) in [6.07, 6.45) is 8.26. The van der Waals surface area contributed by atoms with E-state index in [2.05, 4.69) is 64.9 Å². The van der Waals surface area contributed by atoms with Crippen molar-refractivity contribution in [2.75, 3.05) is 20.2 Å². The van der Waals surface area contributed by atoms with Gasteiger partial charge in [-0.25, -0.2) is 4.98 Å². The van der Waals surface area contributed by atoms with Gasteiger partial charge in [0, 0.05) is 35.7 Å². The molecule has 0 unspecified atom stereocenters. The Hall–Kier alpha value is -2.11. The summed E-state index contributed by atoms with van der Waals surface area (Å²) in [5, 5.41) is 6.64. The Balaban J connectivity index is 1.80. The van der Waals surface area contributed by atoms with Crippen LogP contribution < -0.4 is 10.6 Å². The van der Waals surface area contributed by atoms with E-state index in [0.717, 1.165) is 37.3 Å². The maximum Gasteiger partial charge on any atom is 0.141 e. The van der Waals surface area contributed by atoms with Gasteiger partial charge in [-0.3, -0.25) is 0 Å². The summed E-state index contributed by atoms with van der Waals surface area (Å²) in [4.78, 5) is 4.67. The van der Waals surface area contributed by atoms with Crippen LogP contribution in [0.15, 0.2) is 42.8 Å². The van der Waals surface area contributed by atoms with Crippen molar-refractivity contribution < 1.29 is 4.74 Å². The average molecular weight is 357 g/mol.